The molecule has 1 aromatic carbocycles. The molecule has 0 saturated heterocycles. The molecule has 0 fully saturated rings. The number of fused-ring (bicyclic) bond motifs is 3. The molecule has 3 rings (SSSR count). The number of nitrogens with two attached hydrogens (primary N) is 2. The molecule has 4 N–H and O–H groups in total. The summed E-state index contributed by atoms with van der Waals surface area (Å²) in [4.78, 5) is 12.2. The highest BCUT2D eigenvalue weighted by Gasteiger charge is 2.03. The maximum Gasteiger partial charge on any atom is 0.220 e. The van der Waals surface area contributed by atoms with E-state index in [1.807, 2.05) is 12.1 Å². The monoisotopic (exact) mass is 211 g/mol. The summed E-state index contributed by atoms with van der Waals surface area (Å²) in [6, 6.07) is 5.70. The first-order chi connectivity index (χ1) is 7.74. The Hall–Kier alpha value is -2.43. The molecule has 0 spiro atoms. The zero-order valence-electron chi connectivity index (χ0n) is 8.38. The second-order valence-electron chi connectivity index (χ2n) is 3.56. The van der Waals surface area contributed by atoms with Gasteiger partial charge in [-0.05, 0) is 6.07 Å². The first-order valence-electron chi connectivity index (χ1n) is 4.80. The van der Waals surface area contributed by atoms with Crippen LogP contribution in [-0.2, 0) is 0 Å². The second kappa shape index (κ2) is 3.03. The Morgan fingerprint density at radius 1 is 0.938 bits per heavy atom. The zero-order chi connectivity index (χ0) is 11.1. The molecule has 0 aliphatic carbocycles. The van der Waals surface area contributed by atoms with Crippen LogP contribution < -0.4 is 11.5 Å². The van der Waals surface area contributed by atoms with Crippen molar-refractivity contribution in [1.82, 2.24) is 15.0 Å². The van der Waals surface area contributed by atoms with Crippen LogP contribution in [0.25, 0.3) is 21.7 Å². The van der Waals surface area contributed by atoms with Crippen molar-refractivity contribution in [3.05, 3.63) is 30.6 Å². The van der Waals surface area contributed by atoms with Gasteiger partial charge in [-0.15, -0.1) is 0 Å². The Kier molecular flexibility index (Phi) is 1.67. The number of nitrogen functional groups attached to an aromatic ring is 2. The predicted octanol–water partition coefficient (Wildman–Crippen LogP) is 1.34. The molecule has 0 amide bonds. The van der Waals surface area contributed by atoms with Gasteiger partial charge >= 0.3 is 0 Å². The lowest BCUT2D eigenvalue weighted by Crippen LogP contribution is -1.95. The van der Waals surface area contributed by atoms with E-state index in [4.69, 9.17) is 11.5 Å². The molecule has 0 atom stereocenters. The van der Waals surface area contributed by atoms with Gasteiger partial charge < -0.3 is 11.5 Å². The van der Waals surface area contributed by atoms with Crippen molar-refractivity contribution >= 4 is 33.4 Å². The fourth-order valence-electron chi connectivity index (χ4n) is 1.74. The summed E-state index contributed by atoms with van der Waals surface area (Å²) < 4.78 is 0. The minimum atomic E-state index is 0.260. The van der Waals surface area contributed by atoms with Gasteiger partial charge in [-0.2, -0.15) is 0 Å². The van der Waals surface area contributed by atoms with Gasteiger partial charge in [0.15, 0.2) is 0 Å². The number of pyridine rings is 1. The maximum atomic E-state index is 5.67. The third kappa shape index (κ3) is 1.22. The summed E-state index contributed by atoms with van der Waals surface area (Å²) >= 11 is 0. The van der Waals surface area contributed by atoms with Crippen LogP contribution in [0.2, 0.25) is 0 Å². The van der Waals surface area contributed by atoms with Crippen LogP contribution in [0.15, 0.2) is 30.6 Å². The van der Waals surface area contributed by atoms with E-state index in [9.17, 15) is 0 Å². The van der Waals surface area contributed by atoms with Crippen LogP contribution in [-0.4, -0.2) is 15.0 Å². The lowest BCUT2D eigenvalue weighted by atomic mass is 10.1. The second-order valence-corrected chi connectivity index (χ2v) is 3.56. The molecule has 78 valence electrons. The molecule has 0 aliphatic heterocycles. The van der Waals surface area contributed by atoms with E-state index in [0.717, 1.165) is 21.7 Å². The minimum Gasteiger partial charge on any atom is -0.384 e. The maximum absolute atomic E-state index is 5.67. The molecule has 5 nitrogen and oxygen atoms in total. The molecule has 0 saturated carbocycles. The van der Waals surface area contributed by atoms with Crippen molar-refractivity contribution < 1.29 is 0 Å². The molecule has 3 aromatic rings. The fraction of sp³-hybridized carbons (Fsp3) is 0. The summed E-state index contributed by atoms with van der Waals surface area (Å²) in [5, 5.41) is 2.87. The largest absolute Gasteiger partial charge is 0.384 e. The molecule has 0 radical (unpaired) electrons. The Bertz CT molecular complexity index is 632. The van der Waals surface area contributed by atoms with Crippen LogP contribution >= 0.6 is 0 Å². The summed E-state index contributed by atoms with van der Waals surface area (Å²) in [6.07, 6.45) is 3.43. The Balaban J connectivity index is 2.55. The van der Waals surface area contributed by atoms with Crippen molar-refractivity contribution in [1.29, 1.82) is 0 Å². The Morgan fingerprint density at radius 2 is 1.69 bits per heavy atom. The van der Waals surface area contributed by atoms with Crippen molar-refractivity contribution in [2.24, 2.45) is 0 Å². The third-order valence-electron chi connectivity index (χ3n) is 2.49. The average molecular weight is 211 g/mol. The number of rotatable bonds is 0. The summed E-state index contributed by atoms with van der Waals surface area (Å²) in [7, 11) is 0. The van der Waals surface area contributed by atoms with Gasteiger partial charge in [0.05, 0.1) is 5.52 Å². The first-order valence-corrected chi connectivity index (χ1v) is 4.80. The number of nitrogens with zero attached hydrogens (tertiary/aromatic N) is 3. The topological polar surface area (TPSA) is 90.7 Å². The lowest BCUT2D eigenvalue weighted by Gasteiger charge is -2.03. The summed E-state index contributed by atoms with van der Waals surface area (Å²) in [6.45, 7) is 0. The van der Waals surface area contributed by atoms with Gasteiger partial charge in [0.2, 0.25) is 5.95 Å². The highest BCUT2D eigenvalue weighted by molar-refractivity contribution is 6.05. The fourth-order valence-corrected chi connectivity index (χ4v) is 1.74. The van der Waals surface area contributed by atoms with E-state index in [1.165, 1.54) is 0 Å². The molecule has 2 aromatic heterocycles. The van der Waals surface area contributed by atoms with Crippen molar-refractivity contribution in [2.45, 2.75) is 0 Å². The number of anilines is 2. The van der Waals surface area contributed by atoms with E-state index >= 15 is 0 Å². The Labute approximate surface area is 91.1 Å². The van der Waals surface area contributed by atoms with Gasteiger partial charge in [0, 0.05) is 28.6 Å². The summed E-state index contributed by atoms with van der Waals surface area (Å²) in [5.74, 6) is 0.729. The average Bonchev–Trinajstić information content (AvgIpc) is 2.29. The minimum absolute atomic E-state index is 0.260. The van der Waals surface area contributed by atoms with Gasteiger partial charge in [-0.25, -0.2) is 15.0 Å². The smallest absolute Gasteiger partial charge is 0.220 e. The zero-order valence-corrected chi connectivity index (χ0v) is 8.38. The van der Waals surface area contributed by atoms with E-state index in [1.54, 1.807) is 18.5 Å². The normalized spacial score (nSPS) is 11.0. The van der Waals surface area contributed by atoms with Crippen LogP contribution in [0.3, 0.4) is 0 Å². The molecule has 0 unspecified atom stereocenters. The molecule has 5 heteroatoms. The number of aromatic nitrogens is 3. The van der Waals surface area contributed by atoms with Gasteiger partial charge in [0.1, 0.15) is 5.82 Å². The van der Waals surface area contributed by atoms with E-state index in [2.05, 4.69) is 15.0 Å². The molecular formula is C11H9N5. The highest BCUT2D eigenvalue weighted by atomic mass is 15.0. The van der Waals surface area contributed by atoms with Crippen LogP contribution in [0.1, 0.15) is 0 Å². The molecule has 16 heavy (non-hydrogen) atoms. The number of hydrogen-bond acceptors (Lipinski definition) is 5. The highest BCUT2D eigenvalue weighted by Crippen LogP contribution is 2.24. The molecule has 2 heterocycles. The van der Waals surface area contributed by atoms with Crippen molar-refractivity contribution in [3.63, 3.8) is 0 Å². The molecule has 0 aliphatic rings. The van der Waals surface area contributed by atoms with Crippen LogP contribution in [0.4, 0.5) is 11.8 Å². The van der Waals surface area contributed by atoms with E-state index in [0.29, 0.717) is 5.82 Å². The SMILES string of the molecule is Nc1cc2c(ccc3cnc(N)nc32)cn1. The first kappa shape index (κ1) is 8.84. The van der Waals surface area contributed by atoms with Gasteiger partial charge in [0.25, 0.3) is 0 Å². The number of benzene rings is 1. The van der Waals surface area contributed by atoms with Crippen molar-refractivity contribution in [3.8, 4) is 0 Å². The van der Waals surface area contributed by atoms with Crippen molar-refractivity contribution in [2.75, 3.05) is 11.5 Å². The molecule has 0 bridgehead atoms. The molecular weight excluding hydrogens is 202 g/mol. The summed E-state index contributed by atoms with van der Waals surface area (Å²) in [5.41, 5.74) is 12.1. The predicted molar refractivity (Wildman–Crippen MR) is 63.7 cm³/mol. The van der Waals surface area contributed by atoms with Crippen LogP contribution in [0.5, 0.6) is 0 Å². The van der Waals surface area contributed by atoms with Gasteiger partial charge in [-0.3, -0.25) is 0 Å². The van der Waals surface area contributed by atoms with Gasteiger partial charge in [-0.1, -0.05) is 12.1 Å². The lowest BCUT2D eigenvalue weighted by molar-refractivity contribution is 1.24. The number of hydrogen-bond donors (Lipinski definition) is 2. The van der Waals surface area contributed by atoms with E-state index in [-0.39, 0.29) is 5.95 Å². The Morgan fingerprint density at radius 3 is 2.56 bits per heavy atom. The third-order valence-corrected chi connectivity index (χ3v) is 2.49. The van der Waals surface area contributed by atoms with E-state index < -0.39 is 0 Å². The quantitative estimate of drug-likeness (QED) is 0.547. The standard InChI is InChI=1S/C11H9N5/c12-9-3-8-6(4-14-9)1-2-7-5-15-11(13)16-10(7)8/h1-5H,(H2,12,14)(H2,13,15,16). The van der Waals surface area contributed by atoms with Crippen LogP contribution in [0, 0.1) is 0 Å².